The molecule has 0 N–H and O–H groups in total. The van der Waals surface area contributed by atoms with Crippen LogP contribution in [0.5, 0.6) is 5.75 Å². The SMILES string of the molecule is Cc1cccc2c1nc(COc1ccc(Cl)cc1)n2CCC(C)CN1CCN(CCc2ccccc2)CC1. The summed E-state index contributed by atoms with van der Waals surface area (Å²) in [5.41, 5.74) is 4.90. The van der Waals surface area contributed by atoms with Crippen LogP contribution in [0.2, 0.25) is 5.02 Å². The third kappa shape index (κ3) is 6.96. The normalized spacial score (nSPS) is 15.7. The molecule has 38 heavy (non-hydrogen) atoms. The van der Waals surface area contributed by atoms with E-state index in [2.05, 4.69) is 76.7 Å². The molecule has 6 heteroatoms. The Morgan fingerprint density at radius 2 is 1.61 bits per heavy atom. The zero-order valence-electron chi connectivity index (χ0n) is 22.7. The zero-order chi connectivity index (χ0) is 26.3. The molecule has 1 saturated heterocycles. The van der Waals surface area contributed by atoms with Gasteiger partial charge in [-0.3, -0.25) is 0 Å². The number of halogens is 1. The summed E-state index contributed by atoms with van der Waals surface area (Å²) in [7, 11) is 0. The summed E-state index contributed by atoms with van der Waals surface area (Å²) >= 11 is 6.03. The molecule has 3 aromatic carbocycles. The number of hydrogen-bond acceptors (Lipinski definition) is 4. The van der Waals surface area contributed by atoms with Crippen LogP contribution in [-0.4, -0.2) is 58.6 Å². The van der Waals surface area contributed by atoms with E-state index < -0.39 is 0 Å². The summed E-state index contributed by atoms with van der Waals surface area (Å²) in [6.45, 7) is 12.8. The molecule has 1 unspecified atom stereocenters. The number of imidazole rings is 1. The van der Waals surface area contributed by atoms with Crippen LogP contribution in [0.15, 0.2) is 72.8 Å². The number of hydrogen-bond donors (Lipinski definition) is 0. The Bertz CT molecular complexity index is 1300. The second-order valence-electron chi connectivity index (χ2n) is 10.6. The highest BCUT2D eigenvalue weighted by Crippen LogP contribution is 2.23. The van der Waals surface area contributed by atoms with Crippen LogP contribution in [-0.2, 0) is 19.6 Å². The summed E-state index contributed by atoms with van der Waals surface area (Å²) in [5.74, 6) is 2.39. The third-order valence-electron chi connectivity index (χ3n) is 7.68. The first-order chi connectivity index (χ1) is 18.5. The smallest absolute Gasteiger partial charge is 0.148 e. The van der Waals surface area contributed by atoms with E-state index in [-0.39, 0.29) is 0 Å². The van der Waals surface area contributed by atoms with Crippen LogP contribution in [0.4, 0.5) is 0 Å². The number of aromatic nitrogens is 2. The van der Waals surface area contributed by atoms with Crippen LogP contribution in [0.3, 0.4) is 0 Å². The molecular weight excluding hydrogens is 492 g/mol. The fourth-order valence-electron chi connectivity index (χ4n) is 5.38. The van der Waals surface area contributed by atoms with Crippen LogP contribution in [0.25, 0.3) is 11.0 Å². The Morgan fingerprint density at radius 3 is 2.37 bits per heavy atom. The maximum Gasteiger partial charge on any atom is 0.148 e. The minimum absolute atomic E-state index is 0.440. The van der Waals surface area contributed by atoms with Crippen molar-refractivity contribution in [2.75, 3.05) is 39.3 Å². The van der Waals surface area contributed by atoms with Crippen LogP contribution in [0.1, 0.15) is 30.3 Å². The summed E-state index contributed by atoms with van der Waals surface area (Å²) in [6, 6.07) is 24.8. The fourth-order valence-corrected chi connectivity index (χ4v) is 5.51. The van der Waals surface area contributed by atoms with Gasteiger partial charge < -0.3 is 19.1 Å². The van der Waals surface area contributed by atoms with Crippen LogP contribution in [0, 0.1) is 12.8 Å². The fraction of sp³-hybridized carbons (Fsp3) is 0.406. The minimum Gasteiger partial charge on any atom is -0.486 e. The van der Waals surface area contributed by atoms with Gasteiger partial charge in [0.1, 0.15) is 18.2 Å². The molecule has 4 aromatic rings. The number of ether oxygens (including phenoxy) is 1. The maximum absolute atomic E-state index is 6.09. The number of piperazine rings is 1. The van der Waals surface area contributed by atoms with Crippen molar-refractivity contribution in [3.8, 4) is 5.75 Å². The lowest BCUT2D eigenvalue weighted by Gasteiger charge is -2.36. The third-order valence-corrected chi connectivity index (χ3v) is 7.93. The van der Waals surface area contributed by atoms with Crippen molar-refractivity contribution < 1.29 is 4.74 Å². The van der Waals surface area contributed by atoms with Gasteiger partial charge >= 0.3 is 0 Å². The summed E-state index contributed by atoms with van der Waals surface area (Å²) in [5, 5.41) is 0.711. The molecule has 0 radical (unpaired) electrons. The Kier molecular flexibility index (Phi) is 9.00. The van der Waals surface area contributed by atoms with Gasteiger partial charge in [0.25, 0.3) is 0 Å². The van der Waals surface area contributed by atoms with Crippen molar-refractivity contribution in [3.63, 3.8) is 0 Å². The van der Waals surface area contributed by atoms with Crippen molar-refractivity contribution in [3.05, 3.63) is 94.8 Å². The van der Waals surface area contributed by atoms with Gasteiger partial charge in [0, 0.05) is 50.8 Å². The predicted molar refractivity (Wildman–Crippen MR) is 157 cm³/mol. The van der Waals surface area contributed by atoms with E-state index in [0.717, 1.165) is 75.7 Å². The molecular formula is C32H39ClN4O. The standard InChI is InChI=1S/C32H39ClN4O/c1-25(23-36-21-19-35(20-22-36)17-16-27-8-4-3-5-9-27)15-18-37-30-10-6-7-26(2)32(30)34-31(37)24-38-29-13-11-28(33)12-14-29/h3-14,25H,15-24H2,1-2H3. The summed E-state index contributed by atoms with van der Waals surface area (Å²) < 4.78 is 8.45. The van der Waals surface area contributed by atoms with Gasteiger partial charge in [0.05, 0.1) is 11.0 Å². The second-order valence-corrected chi connectivity index (χ2v) is 11.1. The van der Waals surface area contributed by atoms with Gasteiger partial charge in [-0.05, 0) is 67.1 Å². The first-order valence-corrected chi connectivity index (χ1v) is 14.2. The number of para-hydroxylation sites is 1. The molecule has 0 spiro atoms. The van der Waals surface area contributed by atoms with E-state index in [1.807, 2.05) is 24.3 Å². The van der Waals surface area contributed by atoms with E-state index in [1.165, 1.54) is 16.6 Å². The molecule has 0 amide bonds. The molecule has 5 nitrogen and oxygen atoms in total. The topological polar surface area (TPSA) is 33.5 Å². The highest BCUT2D eigenvalue weighted by molar-refractivity contribution is 6.30. The summed E-state index contributed by atoms with van der Waals surface area (Å²) in [6.07, 6.45) is 2.25. The van der Waals surface area contributed by atoms with Gasteiger partial charge in [-0.15, -0.1) is 0 Å². The molecule has 5 rings (SSSR count). The number of rotatable bonds is 11. The highest BCUT2D eigenvalue weighted by atomic mass is 35.5. The average molecular weight is 531 g/mol. The highest BCUT2D eigenvalue weighted by Gasteiger charge is 2.19. The molecule has 1 fully saturated rings. The Hall–Kier alpha value is -2.86. The predicted octanol–water partition coefficient (Wildman–Crippen LogP) is 6.46. The maximum atomic E-state index is 6.09. The molecule has 0 saturated carbocycles. The molecule has 200 valence electrons. The molecule has 1 atom stereocenters. The van der Waals surface area contributed by atoms with Crippen LogP contribution < -0.4 is 4.74 Å². The molecule has 1 aromatic heterocycles. The number of nitrogens with zero attached hydrogens (tertiary/aromatic N) is 4. The van der Waals surface area contributed by atoms with Crippen molar-refractivity contribution in [2.45, 2.75) is 39.8 Å². The molecule has 0 bridgehead atoms. The molecule has 1 aliphatic rings. The van der Waals surface area contributed by atoms with E-state index in [4.69, 9.17) is 21.3 Å². The van der Waals surface area contributed by atoms with Gasteiger partial charge in [0.2, 0.25) is 0 Å². The van der Waals surface area contributed by atoms with Gasteiger partial charge in [-0.25, -0.2) is 4.98 Å². The Labute approximate surface area is 232 Å². The Morgan fingerprint density at radius 1 is 0.868 bits per heavy atom. The zero-order valence-corrected chi connectivity index (χ0v) is 23.4. The van der Waals surface area contributed by atoms with E-state index in [0.29, 0.717) is 17.5 Å². The van der Waals surface area contributed by atoms with Crippen molar-refractivity contribution in [2.24, 2.45) is 5.92 Å². The lowest BCUT2D eigenvalue weighted by molar-refractivity contribution is 0.119. The van der Waals surface area contributed by atoms with Crippen molar-refractivity contribution >= 4 is 22.6 Å². The molecule has 0 aliphatic carbocycles. The minimum atomic E-state index is 0.440. The average Bonchev–Trinajstić information content (AvgIpc) is 3.30. The van der Waals surface area contributed by atoms with Gasteiger partial charge in [-0.2, -0.15) is 0 Å². The summed E-state index contributed by atoms with van der Waals surface area (Å²) in [4.78, 5) is 10.2. The quantitative estimate of drug-likeness (QED) is 0.223. The lowest BCUT2D eigenvalue weighted by Crippen LogP contribution is -2.48. The lowest BCUT2D eigenvalue weighted by atomic mass is 10.1. The number of aryl methyl sites for hydroxylation is 2. The Balaban J connectivity index is 1.14. The van der Waals surface area contributed by atoms with Crippen molar-refractivity contribution in [1.29, 1.82) is 0 Å². The first kappa shape index (κ1) is 26.7. The first-order valence-electron chi connectivity index (χ1n) is 13.9. The number of benzene rings is 3. The second kappa shape index (κ2) is 12.8. The molecule has 1 aliphatic heterocycles. The van der Waals surface area contributed by atoms with E-state index in [1.54, 1.807) is 0 Å². The molecule has 2 heterocycles. The monoisotopic (exact) mass is 530 g/mol. The van der Waals surface area contributed by atoms with Crippen molar-refractivity contribution in [1.82, 2.24) is 19.4 Å². The largest absolute Gasteiger partial charge is 0.486 e. The van der Waals surface area contributed by atoms with Gasteiger partial charge in [-0.1, -0.05) is 61.0 Å². The van der Waals surface area contributed by atoms with Crippen LogP contribution >= 0.6 is 11.6 Å². The van der Waals surface area contributed by atoms with E-state index in [9.17, 15) is 0 Å². The number of fused-ring (bicyclic) bond motifs is 1. The van der Waals surface area contributed by atoms with E-state index >= 15 is 0 Å². The van der Waals surface area contributed by atoms with Gasteiger partial charge in [0.15, 0.2) is 0 Å².